The number of ether oxygens (including phenoxy) is 2. The lowest BCUT2D eigenvalue weighted by molar-refractivity contribution is 0.0517. The van der Waals surface area contributed by atoms with Gasteiger partial charge in [0.25, 0.3) is 0 Å². The monoisotopic (exact) mass is 532 g/mol. The van der Waals surface area contributed by atoms with Crippen molar-refractivity contribution in [2.24, 2.45) is 5.92 Å². The van der Waals surface area contributed by atoms with Crippen LogP contribution in [-0.4, -0.2) is 31.2 Å². The van der Waals surface area contributed by atoms with Crippen LogP contribution < -0.4 is 22.1 Å². The number of hydrogen-bond donors (Lipinski definition) is 4. The van der Waals surface area contributed by atoms with E-state index >= 15 is 0 Å². The van der Waals surface area contributed by atoms with Gasteiger partial charge >= 0.3 is 11.9 Å². The van der Waals surface area contributed by atoms with Crippen LogP contribution >= 0.6 is 0 Å². The first-order chi connectivity index (χ1) is 18.8. The summed E-state index contributed by atoms with van der Waals surface area (Å²) in [6.45, 7) is 6.59. The Kier molecular flexibility index (Phi) is 11.0. The zero-order valence-electron chi connectivity index (χ0n) is 23.0. The first-order valence-electron chi connectivity index (χ1n) is 13.5. The summed E-state index contributed by atoms with van der Waals surface area (Å²) in [6.07, 6.45) is 4.89. The van der Waals surface area contributed by atoms with E-state index in [2.05, 4.69) is 17.6 Å². The third-order valence-corrected chi connectivity index (χ3v) is 6.55. The molecular weight excluding hydrogens is 492 g/mol. The Bertz CT molecular complexity index is 1220. The second-order valence-electron chi connectivity index (χ2n) is 9.64. The van der Waals surface area contributed by atoms with Gasteiger partial charge in [-0.1, -0.05) is 25.1 Å². The van der Waals surface area contributed by atoms with Crippen LogP contribution in [0.4, 0.5) is 28.4 Å². The fourth-order valence-corrected chi connectivity index (χ4v) is 4.35. The van der Waals surface area contributed by atoms with Gasteiger partial charge < -0.3 is 31.6 Å². The van der Waals surface area contributed by atoms with E-state index in [0.717, 1.165) is 23.0 Å². The highest BCUT2D eigenvalue weighted by molar-refractivity contribution is 5.92. The number of esters is 2. The smallest absolute Gasteiger partial charge is 0.338 e. The van der Waals surface area contributed by atoms with Crippen LogP contribution in [0.1, 0.15) is 67.2 Å². The van der Waals surface area contributed by atoms with Crippen molar-refractivity contribution in [1.82, 2.24) is 0 Å². The van der Waals surface area contributed by atoms with Gasteiger partial charge in [-0.25, -0.2) is 9.59 Å². The van der Waals surface area contributed by atoms with E-state index in [1.807, 2.05) is 36.4 Å². The number of nitrogens with one attached hydrogen (secondary N) is 2. The molecular formula is C31H40N4O4. The summed E-state index contributed by atoms with van der Waals surface area (Å²) in [5.74, 6) is 0.147. The molecule has 208 valence electrons. The predicted molar refractivity (Wildman–Crippen MR) is 158 cm³/mol. The molecule has 6 N–H and O–H groups in total. The molecule has 1 aliphatic carbocycles. The lowest BCUT2D eigenvalue weighted by Gasteiger charge is -2.28. The van der Waals surface area contributed by atoms with Gasteiger partial charge in [0.15, 0.2) is 0 Å². The first-order valence-corrected chi connectivity index (χ1v) is 13.5. The molecule has 0 bridgehead atoms. The Morgan fingerprint density at radius 3 is 1.77 bits per heavy atom. The first kappa shape index (κ1) is 29.4. The molecule has 0 unspecified atom stereocenters. The standard InChI is InChI=1S/C16H24N2O2.C15H16N2O2/c1-3-20-16(19)12-6-9-15(14(17)10-12)18-13-7-4-11(2)5-8-13;1-2-19-15(18)11-8-9-14(13(16)10-11)17-12-6-4-3-5-7-12/h6,9-11,13,18H,3-5,7-8,17H2,1-2H3;3-10,17H,2,16H2,1H3. The van der Waals surface area contributed by atoms with Crippen LogP contribution in [0.2, 0.25) is 0 Å². The van der Waals surface area contributed by atoms with E-state index in [0.29, 0.717) is 41.8 Å². The van der Waals surface area contributed by atoms with E-state index in [9.17, 15) is 9.59 Å². The summed E-state index contributed by atoms with van der Waals surface area (Å²) in [6, 6.07) is 20.6. The number of hydrogen-bond acceptors (Lipinski definition) is 8. The Hall–Kier alpha value is -4.20. The number of para-hydroxylation sites is 1. The fraction of sp³-hybridized carbons (Fsp3) is 0.355. The van der Waals surface area contributed by atoms with Crippen LogP contribution in [0.3, 0.4) is 0 Å². The minimum Gasteiger partial charge on any atom is -0.462 e. The molecule has 0 aliphatic heterocycles. The SMILES string of the molecule is CCOC(=O)c1ccc(NC2CCC(C)CC2)c(N)c1.CCOC(=O)c1ccc(Nc2ccccc2)c(N)c1. The average Bonchev–Trinajstić information content (AvgIpc) is 2.93. The maximum Gasteiger partial charge on any atom is 0.338 e. The third kappa shape index (κ3) is 8.95. The Balaban J connectivity index is 0.000000216. The molecule has 1 saturated carbocycles. The maximum atomic E-state index is 11.6. The fourth-order valence-electron chi connectivity index (χ4n) is 4.35. The topological polar surface area (TPSA) is 129 Å². The quantitative estimate of drug-likeness (QED) is 0.188. The van der Waals surface area contributed by atoms with Gasteiger partial charge in [0.2, 0.25) is 0 Å². The van der Waals surface area contributed by atoms with Crippen molar-refractivity contribution in [3.05, 3.63) is 77.9 Å². The van der Waals surface area contributed by atoms with Crippen molar-refractivity contribution in [3.8, 4) is 0 Å². The molecule has 8 nitrogen and oxygen atoms in total. The Labute approximate surface area is 231 Å². The van der Waals surface area contributed by atoms with Crippen molar-refractivity contribution in [1.29, 1.82) is 0 Å². The molecule has 0 saturated heterocycles. The van der Waals surface area contributed by atoms with Crippen molar-refractivity contribution < 1.29 is 19.1 Å². The summed E-state index contributed by atoms with van der Waals surface area (Å²) in [5, 5.41) is 6.68. The summed E-state index contributed by atoms with van der Waals surface area (Å²) >= 11 is 0. The molecule has 0 aromatic heterocycles. The zero-order valence-corrected chi connectivity index (χ0v) is 23.0. The van der Waals surface area contributed by atoms with Gasteiger partial charge in [0.05, 0.1) is 47.1 Å². The normalized spacial score (nSPS) is 16.3. The summed E-state index contributed by atoms with van der Waals surface area (Å²) in [5.41, 5.74) is 16.7. The summed E-state index contributed by atoms with van der Waals surface area (Å²) in [7, 11) is 0. The third-order valence-electron chi connectivity index (χ3n) is 6.55. The molecule has 0 spiro atoms. The number of anilines is 5. The van der Waals surface area contributed by atoms with Gasteiger partial charge in [-0.3, -0.25) is 0 Å². The number of nitrogen functional groups attached to an aromatic ring is 2. The number of carbonyl (C=O) groups excluding carboxylic acids is 2. The Morgan fingerprint density at radius 2 is 1.28 bits per heavy atom. The van der Waals surface area contributed by atoms with Crippen LogP contribution in [-0.2, 0) is 9.47 Å². The number of nitrogens with two attached hydrogens (primary N) is 2. The number of benzene rings is 3. The van der Waals surface area contributed by atoms with Gasteiger partial charge in [-0.05, 0) is 94.0 Å². The van der Waals surface area contributed by atoms with Gasteiger partial charge in [-0.15, -0.1) is 0 Å². The molecule has 3 aromatic carbocycles. The van der Waals surface area contributed by atoms with Crippen LogP contribution in [0.25, 0.3) is 0 Å². The molecule has 4 rings (SSSR count). The highest BCUT2D eigenvalue weighted by atomic mass is 16.5. The second-order valence-corrected chi connectivity index (χ2v) is 9.64. The molecule has 0 heterocycles. The van der Waals surface area contributed by atoms with Gasteiger partial charge in [-0.2, -0.15) is 0 Å². The lowest BCUT2D eigenvalue weighted by Crippen LogP contribution is -2.25. The van der Waals surface area contributed by atoms with Crippen molar-refractivity contribution in [3.63, 3.8) is 0 Å². The van der Waals surface area contributed by atoms with Crippen molar-refractivity contribution in [2.75, 3.05) is 35.3 Å². The summed E-state index contributed by atoms with van der Waals surface area (Å²) in [4.78, 5) is 23.2. The van der Waals surface area contributed by atoms with Gasteiger partial charge in [0.1, 0.15) is 0 Å². The van der Waals surface area contributed by atoms with Crippen molar-refractivity contribution >= 4 is 40.4 Å². The zero-order chi connectivity index (χ0) is 28.2. The van der Waals surface area contributed by atoms with Crippen LogP contribution in [0.15, 0.2) is 66.7 Å². The Morgan fingerprint density at radius 1 is 0.769 bits per heavy atom. The lowest BCUT2D eigenvalue weighted by atomic mass is 9.87. The molecule has 0 radical (unpaired) electrons. The van der Waals surface area contributed by atoms with Gasteiger partial charge in [0, 0.05) is 11.7 Å². The minimum absolute atomic E-state index is 0.322. The van der Waals surface area contributed by atoms with E-state index in [1.54, 1.807) is 44.2 Å². The van der Waals surface area contributed by atoms with Crippen LogP contribution in [0.5, 0.6) is 0 Å². The maximum absolute atomic E-state index is 11.6. The van der Waals surface area contributed by atoms with E-state index in [1.165, 1.54) is 25.7 Å². The predicted octanol–water partition coefficient (Wildman–Crippen LogP) is 6.63. The highest BCUT2D eigenvalue weighted by Gasteiger charge is 2.19. The molecule has 8 heteroatoms. The van der Waals surface area contributed by atoms with E-state index < -0.39 is 0 Å². The number of carbonyl (C=O) groups is 2. The average molecular weight is 533 g/mol. The number of rotatable bonds is 8. The molecule has 0 atom stereocenters. The molecule has 1 aliphatic rings. The minimum atomic E-state index is -0.361. The van der Waals surface area contributed by atoms with Crippen molar-refractivity contribution in [2.45, 2.75) is 52.5 Å². The summed E-state index contributed by atoms with van der Waals surface area (Å²) < 4.78 is 9.90. The van der Waals surface area contributed by atoms with E-state index in [-0.39, 0.29) is 11.9 Å². The largest absolute Gasteiger partial charge is 0.462 e. The highest BCUT2D eigenvalue weighted by Crippen LogP contribution is 2.29. The van der Waals surface area contributed by atoms with E-state index in [4.69, 9.17) is 20.9 Å². The van der Waals surface area contributed by atoms with Crippen LogP contribution in [0, 0.1) is 5.92 Å². The molecule has 39 heavy (non-hydrogen) atoms. The second kappa shape index (κ2) is 14.7. The molecule has 0 amide bonds. The molecule has 1 fully saturated rings. The molecule has 3 aromatic rings.